The average molecular weight is 578 g/mol. The van der Waals surface area contributed by atoms with Gasteiger partial charge in [-0.25, -0.2) is 4.90 Å². The lowest BCUT2D eigenvalue weighted by molar-refractivity contribution is -0.127. The van der Waals surface area contributed by atoms with Gasteiger partial charge in [-0.1, -0.05) is 94.8 Å². The summed E-state index contributed by atoms with van der Waals surface area (Å²) in [7, 11) is 0. The van der Waals surface area contributed by atoms with E-state index in [-0.39, 0.29) is 11.1 Å². The number of hydrogen-bond acceptors (Lipinski definition) is 5. The molecule has 0 saturated carbocycles. The van der Waals surface area contributed by atoms with Crippen LogP contribution in [0.5, 0.6) is 0 Å². The molecule has 3 atom stereocenters. The number of ketones is 2. The molecule has 39 heavy (non-hydrogen) atoms. The van der Waals surface area contributed by atoms with Gasteiger partial charge in [0, 0.05) is 15.6 Å². The zero-order valence-corrected chi connectivity index (χ0v) is 22.0. The first-order chi connectivity index (χ1) is 18.9. The second kappa shape index (κ2) is 8.66. The van der Waals surface area contributed by atoms with Crippen LogP contribution in [0.2, 0.25) is 0 Å². The van der Waals surface area contributed by atoms with Crippen LogP contribution >= 0.6 is 15.9 Å². The number of imide groups is 1. The van der Waals surface area contributed by atoms with E-state index >= 15 is 0 Å². The van der Waals surface area contributed by atoms with Gasteiger partial charge >= 0.3 is 0 Å². The molecule has 190 valence electrons. The number of halogens is 1. The molecule has 0 bridgehead atoms. The van der Waals surface area contributed by atoms with Crippen LogP contribution in [0, 0.1) is 11.8 Å². The molecule has 2 heterocycles. The predicted molar refractivity (Wildman–Crippen MR) is 147 cm³/mol. The van der Waals surface area contributed by atoms with Crippen molar-refractivity contribution in [1.29, 1.82) is 0 Å². The lowest BCUT2D eigenvalue weighted by Gasteiger charge is -2.27. The van der Waals surface area contributed by atoms with Crippen molar-refractivity contribution < 1.29 is 23.9 Å². The molecule has 4 aromatic rings. The monoisotopic (exact) mass is 577 g/mol. The zero-order valence-electron chi connectivity index (χ0n) is 20.4. The lowest BCUT2D eigenvalue weighted by Crippen LogP contribution is -2.51. The summed E-state index contributed by atoms with van der Waals surface area (Å²) in [6.45, 7) is 0. The van der Waals surface area contributed by atoms with Gasteiger partial charge in [-0.15, -0.1) is 0 Å². The number of anilines is 1. The van der Waals surface area contributed by atoms with Gasteiger partial charge in [0.1, 0.15) is 0 Å². The molecule has 0 N–H and O–H groups in total. The Labute approximate surface area is 232 Å². The molecule has 1 spiro atoms. The maximum Gasteiger partial charge on any atom is 0.241 e. The summed E-state index contributed by atoms with van der Waals surface area (Å²) in [4.78, 5) is 56.9. The number of ether oxygens (including phenoxy) is 1. The molecule has 7 rings (SSSR count). The highest BCUT2D eigenvalue weighted by molar-refractivity contribution is 9.10. The predicted octanol–water partition coefficient (Wildman–Crippen LogP) is 5.81. The molecule has 2 aliphatic heterocycles. The van der Waals surface area contributed by atoms with Crippen LogP contribution < -0.4 is 4.90 Å². The van der Waals surface area contributed by atoms with Crippen LogP contribution in [0.15, 0.2) is 108 Å². The molecular formula is C32H20BrNO5. The smallest absolute Gasteiger partial charge is 0.241 e. The number of carbonyl (C=O) groups excluding carboxylic acids is 4. The highest BCUT2D eigenvalue weighted by atomic mass is 79.9. The van der Waals surface area contributed by atoms with Crippen molar-refractivity contribution in [2.24, 2.45) is 11.8 Å². The molecule has 0 unspecified atom stereocenters. The third-order valence-electron chi connectivity index (χ3n) is 7.95. The molecule has 0 radical (unpaired) electrons. The second-order valence-electron chi connectivity index (χ2n) is 9.96. The van der Waals surface area contributed by atoms with E-state index in [0.717, 1.165) is 20.5 Å². The van der Waals surface area contributed by atoms with E-state index in [9.17, 15) is 19.2 Å². The minimum Gasteiger partial charge on any atom is -0.349 e. The Kier molecular flexibility index (Phi) is 5.30. The van der Waals surface area contributed by atoms with Crippen LogP contribution in [-0.2, 0) is 14.3 Å². The van der Waals surface area contributed by atoms with E-state index in [2.05, 4.69) is 15.9 Å². The second-order valence-corrected chi connectivity index (χ2v) is 10.9. The summed E-state index contributed by atoms with van der Waals surface area (Å²) in [5.41, 5.74) is 1.33. The van der Waals surface area contributed by atoms with Gasteiger partial charge in [0.05, 0.1) is 23.6 Å². The number of carbonyl (C=O) groups is 4. The number of nitrogens with zero attached hydrogens (tertiary/aromatic N) is 1. The SMILES string of the molecule is O=C1[C@@H]2[C@@H](C(=O)N1c1ccc(Br)cc1)C1(O[C@H]2c2ccc(-c3ccccc3)cc2)C(=O)c2ccccc2C1=O. The Morgan fingerprint density at radius 3 is 1.82 bits per heavy atom. The number of amides is 2. The summed E-state index contributed by atoms with van der Waals surface area (Å²) in [6.07, 6.45) is -0.959. The van der Waals surface area contributed by atoms with E-state index in [1.807, 2.05) is 54.6 Å². The average Bonchev–Trinajstić information content (AvgIpc) is 3.54. The molecule has 2 fully saturated rings. The Bertz CT molecular complexity index is 1650. The molecule has 6 nitrogen and oxygen atoms in total. The number of hydrogen-bond donors (Lipinski definition) is 0. The Morgan fingerprint density at radius 2 is 1.21 bits per heavy atom. The molecule has 7 heteroatoms. The summed E-state index contributed by atoms with van der Waals surface area (Å²) in [5.74, 6) is -4.55. The van der Waals surface area contributed by atoms with Crippen LogP contribution in [0.3, 0.4) is 0 Å². The maximum absolute atomic E-state index is 14.0. The first-order valence-corrected chi connectivity index (χ1v) is 13.4. The topological polar surface area (TPSA) is 80.8 Å². The van der Waals surface area contributed by atoms with Gasteiger partial charge in [-0.3, -0.25) is 19.2 Å². The molecular weight excluding hydrogens is 558 g/mol. The number of fused-ring (bicyclic) bond motifs is 3. The van der Waals surface area contributed by atoms with Crippen molar-refractivity contribution in [3.05, 3.63) is 124 Å². The standard InChI is InChI=1S/C32H20BrNO5/c33-21-14-16-22(17-15-21)34-30(37)25-26(31(34)38)32(28(35)23-8-4-5-9-24(23)29(32)36)39-27(25)20-12-10-19(11-13-20)18-6-2-1-3-7-18/h1-17,25-27H/t25-,26+,27+/m1/s1. The van der Waals surface area contributed by atoms with Gasteiger partial charge in [-0.2, -0.15) is 0 Å². The van der Waals surface area contributed by atoms with Crippen molar-refractivity contribution >= 4 is 45.0 Å². The highest BCUT2D eigenvalue weighted by Crippen LogP contribution is 2.57. The van der Waals surface area contributed by atoms with Gasteiger partial charge < -0.3 is 4.74 Å². The molecule has 4 aromatic carbocycles. The normalized spacial score (nSPS) is 23.0. The summed E-state index contributed by atoms with van der Waals surface area (Å²) < 4.78 is 7.17. The molecule has 3 aliphatic rings. The number of benzene rings is 4. The number of rotatable bonds is 3. The molecule has 2 amide bonds. The maximum atomic E-state index is 14.0. The minimum atomic E-state index is -2.09. The van der Waals surface area contributed by atoms with E-state index in [4.69, 9.17) is 4.74 Å². The van der Waals surface area contributed by atoms with Crippen LogP contribution in [0.4, 0.5) is 5.69 Å². The summed E-state index contributed by atoms with van der Waals surface area (Å²) in [6, 6.07) is 30.6. The van der Waals surface area contributed by atoms with E-state index in [0.29, 0.717) is 11.3 Å². The Morgan fingerprint density at radius 1 is 0.641 bits per heavy atom. The van der Waals surface area contributed by atoms with Crippen molar-refractivity contribution in [1.82, 2.24) is 0 Å². The van der Waals surface area contributed by atoms with Crippen LogP contribution in [0.25, 0.3) is 11.1 Å². The van der Waals surface area contributed by atoms with Gasteiger partial charge in [0.25, 0.3) is 0 Å². The Hall–Kier alpha value is -4.20. The third kappa shape index (κ3) is 3.30. The fraction of sp³-hybridized carbons (Fsp3) is 0.125. The van der Waals surface area contributed by atoms with Gasteiger partial charge in [-0.05, 0) is 41.0 Å². The Balaban J connectivity index is 1.36. The number of Topliss-reactive ketones (excluding diaryl/α,β-unsaturated/α-hetero) is 2. The lowest BCUT2D eigenvalue weighted by atomic mass is 9.77. The first kappa shape index (κ1) is 23.9. The molecule has 2 saturated heterocycles. The van der Waals surface area contributed by atoms with Gasteiger partial charge in [0.2, 0.25) is 29.0 Å². The third-order valence-corrected chi connectivity index (χ3v) is 8.48. The van der Waals surface area contributed by atoms with E-state index in [1.54, 1.807) is 48.5 Å². The van der Waals surface area contributed by atoms with Crippen molar-refractivity contribution in [2.75, 3.05) is 4.90 Å². The van der Waals surface area contributed by atoms with Crippen molar-refractivity contribution in [3.8, 4) is 11.1 Å². The minimum absolute atomic E-state index is 0.212. The largest absolute Gasteiger partial charge is 0.349 e. The zero-order chi connectivity index (χ0) is 26.9. The van der Waals surface area contributed by atoms with E-state index < -0.39 is 46.9 Å². The fourth-order valence-electron chi connectivity index (χ4n) is 6.16. The van der Waals surface area contributed by atoms with Crippen molar-refractivity contribution in [2.45, 2.75) is 11.7 Å². The van der Waals surface area contributed by atoms with Gasteiger partial charge in [0.15, 0.2) is 0 Å². The van der Waals surface area contributed by atoms with E-state index in [1.165, 1.54) is 0 Å². The molecule has 1 aliphatic carbocycles. The van der Waals surface area contributed by atoms with Crippen LogP contribution in [0.1, 0.15) is 32.4 Å². The van der Waals surface area contributed by atoms with Crippen LogP contribution in [-0.4, -0.2) is 29.0 Å². The highest BCUT2D eigenvalue weighted by Gasteiger charge is 2.74. The quantitative estimate of drug-likeness (QED) is 0.227. The molecule has 0 aromatic heterocycles. The van der Waals surface area contributed by atoms with Crippen molar-refractivity contribution in [3.63, 3.8) is 0 Å². The summed E-state index contributed by atoms with van der Waals surface area (Å²) >= 11 is 3.38. The fourth-order valence-corrected chi connectivity index (χ4v) is 6.42. The summed E-state index contributed by atoms with van der Waals surface area (Å²) in [5, 5.41) is 0. The first-order valence-electron chi connectivity index (χ1n) is 12.6.